The molecule has 0 bridgehead atoms. The fourth-order valence-electron chi connectivity index (χ4n) is 2.62. The van der Waals surface area contributed by atoms with Gasteiger partial charge in [0.25, 0.3) is 0 Å². The average Bonchev–Trinajstić information content (AvgIpc) is 2.37. The minimum absolute atomic E-state index is 0.200. The van der Waals surface area contributed by atoms with Crippen molar-refractivity contribution in [3.63, 3.8) is 0 Å². The van der Waals surface area contributed by atoms with Gasteiger partial charge < -0.3 is 11.1 Å². The van der Waals surface area contributed by atoms with Crippen LogP contribution in [0.15, 0.2) is 18.2 Å². The predicted molar refractivity (Wildman–Crippen MR) is 84.4 cm³/mol. The Labute approximate surface area is 126 Å². The van der Waals surface area contributed by atoms with Crippen LogP contribution in [0.5, 0.6) is 0 Å². The molecular formula is C16H26ClFN2. The standard InChI is InChI=1S/C16H26ClFN2/c1-10(2)14(11(3)4)9-20-16(8-19)13-7-12(17)5-6-15(13)18/h5-7,10-11,14,16,20H,8-9,19H2,1-4H3. The van der Waals surface area contributed by atoms with E-state index in [1.165, 1.54) is 6.07 Å². The van der Waals surface area contributed by atoms with E-state index in [0.29, 0.717) is 34.9 Å². The van der Waals surface area contributed by atoms with Crippen molar-refractivity contribution in [2.75, 3.05) is 13.1 Å². The van der Waals surface area contributed by atoms with Crippen LogP contribution in [0.2, 0.25) is 5.02 Å². The second-order valence-electron chi connectivity index (χ2n) is 6.01. The number of nitrogens with two attached hydrogens (primary N) is 1. The van der Waals surface area contributed by atoms with Crippen LogP contribution in [0, 0.1) is 23.6 Å². The monoisotopic (exact) mass is 300 g/mol. The molecular weight excluding hydrogens is 275 g/mol. The molecule has 0 aromatic heterocycles. The fourth-order valence-corrected chi connectivity index (χ4v) is 2.80. The Balaban J connectivity index is 2.79. The highest BCUT2D eigenvalue weighted by molar-refractivity contribution is 6.30. The third-order valence-corrected chi connectivity index (χ3v) is 4.12. The molecule has 0 saturated carbocycles. The van der Waals surface area contributed by atoms with Gasteiger partial charge in [-0.05, 0) is 42.5 Å². The Hall–Kier alpha value is -0.640. The van der Waals surface area contributed by atoms with Gasteiger partial charge in [-0.1, -0.05) is 39.3 Å². The quantitative estimate of drug-likeness (QED) is 0.799. The number of rotatable bonds is 7. The van der Waals surface area contributed by atoms with Crippen LogP contribution in [0.1, 0.15) is 39.3 Å². The van der Waals surface area contributed by atoms with Gasteiger partial charge >= 0.3 is 0 Å². The molecule has 0 spiro atoms. The summed E-state index contributed by atoms with van der Waals surface area (Å²) in [5.41, 5.74) is 6.34. The number of hydrogen-bond acceptors (Lipinski definition) is 2. The van der Waals surface area contributed by atoms with E-state index in [1.54, 1.807) is 12.1 Å². The summed E-state index contributed by atoms with van der Waals surface area (Å²) >= 11 is 5.95. The van der Waals surface area contributed by atoms with E-state index in [2.05, 4.69) is 33.0 Å². The molecule has 0 amide bonds. The summed E-state index contributed by atoms with van der Waals surface area (Å²) in [6.07, 6.45) is 0. The molecule has 4 heteroatoms. The summed E-state index contributed by atoms with van der Waals surface area (Å²) in [6, 6.07) is 4.40. The lowest BCUT2D eigenvalue weighted by Crippen LogP contribution is -2.36. The van der Waals surface area contributed by atoms with E-state index in [0.717, 1.165) is 6.54 Å². The summed E-state index contributed by atoms with van der Waals surface area (Å²) < 4.78 is 13.9. The van der Waals surface area contributed by atoms with Gasteiger partial charge in [0, 0.05) is 23.2 Å². The maximum atomic E-state index is 13.9. The Morgan fingerprint density at radius 1 is 1.20 bits per heavy atom. The lowest BCUT2D eigenvalue weighted by molar-refractivity contribution is 0.265. The molecule has 0 aliphatic heterocycles. The lowest BCUT2D eigenvalue weighted by Gasteiger charge is -2.28. The van der Waals surface area contributed by atoms with Gasteiger partial charge in [0.1, 0.15) is 5.82 Å². The predicted octanol–water partition coefficient (Wildman–Crippen LogP) is 4.00. The maximum Gasteiger partial charge on any atom is 0.128 e. The molecule has 0 aliphatic rings. The van der Waals surface area contributed by atoms with E-state index >= 15 is 0 Å². The summed E-state index contributed by atoms with van der Waals surface area (Å²) in [7, 11) is 0. The molecule has 1 aromatic rings. The first-order valence-electron chi connectivity index (χ1n) is 7.25. The number of nitrogens with one attached hydrogen (secondary N) is 1. The summed E-state index contributed by atoms with van der Waals surface area (Å²) in [5.74, 6) is 1.42. The Morgan fingerprint density at radius 2 is 1.80 bits per heavy atom. The van der Waals surface area contributed by atoms with Crippen molar-refractivity contribution in [2.24, 2.45) is 23.5 Å². The third-order valence-electron chi connectivity index (χ3n) is 3.88. The van der Waals surface area contributed by atoms with Gasteiger partial charge in [-0.15, -0.1) is 0 Å². The summed E-state index contributed by atoms with van der Waals surface area (Å²) in [4.78, 5) is 0. The lowest BCUT2D eigenvalue weighted by atomic mass is 9.85. The van der Waals surface area contributed by atoms with Gasteiger partial charge in [-0.2, -0.15) is 0 Å². The van der Waals surface area contributed by atoms with Crippen molar-refractivity contribution in [3.8, 4) is 0 Å². The van der Waals surface area contributed by atoms with Gasteiger partial charge in [0.05, 0.1) is 0 Å². The van der Waals surface area contributed by atoms with E-state index in [1.807, 2.05) is 0 Å². The molecule has 1 aromatic carbocycles. The zero-order valence-corrected chi connectivity index (χ0v) is 13.5. The Kier molecular flexibility index (Phi) is 6.93. The second kappa shape index (κ2) is 7.96. The molecule has 0 saturated heterocycles. The van der Waals surface area contributed by atoms with Crippen LogP contribution in [-0.4, -0.2) is 13.1 Å². The van der Waals surface area contributed by atoms with Gasteiger partial charge in [0.15, 0.2) is 0 Å². The van der Waals surface area contributed by atoms with Gasteiger partial charge in [-0.3, -0.25) is 0 Å². The molecule has 20 heavy (non-hydrogen) atoms. The molecule has 0 heterocycles. The Morgan fingerprint density at radius 3 is 2.30 bits per heavy atom. The Bertz CT molecular complexity index is 413. The van der Waals surface area contributed by atoms with Crippen molar-refractivity contribution in [2.45, 2.75) is 33.7 Å². The molecule has 0 aliphatic carbocycles. The van der Waals surface area contributed by atoms with Crippen LogP contribution >= 0.6 is 11.6 Å². The first-order chi connectivity index (χ1) is 9.36. The number of hydrogen-bond donors (Lipinski definition) is 2. The molecule has 1 rings (SSSR count). The van der Waals surface area contributed by atoms with Crippen molar-refractivity contribution in [3.05, 3.63) is 34.6 Å². The second-order valence-corrected chi connectivity index (χ2v) is 6.45. The van der Waals surface area contributed by atoms with E-state index in [4.69, 9.17) is 17.3 Å². The smallest absolute Gasteiger partial charge is 0.128 e. The molecule has 1 atom stereocenters. The van der Waals surface area contributed by atoms with Crippen LogP contribution in [0.3, 0.4) is 0 Å². The first kappa shape index (κ1) is 17.4. The van der Waals surface area contributed by atoms with E-state index in [9.17, 15) is 4.39 Å². The van der Waals surface area contributed by atoms with Crippen LogP contribution in [0.25, 0.3) is 0 Å². The topological polar surface area (TPSA) is 38.0 Å². The molecule has 2 nitrogen and oxygen atoms in total. The zero-order chi connectivity index (χ0) is 15.3. The van der Waals surface area contributed by atoms with Gasteiger partial charge in [0.2, 0.25) is 0 Å². The summed E-state index contributed by atoms with van der Waals surface area (Å²) in [5, 5.41) is 3.93. The number of halogens is 2. The van der Waals surface area contributed by atoms with Crippen molar-refractivity contribution in [1.82, 2.24) is 5.32 Å². The van der Waals surface area contributed by atoms with E-state index in [-0.39, 0.29) is 11.9 Å². The highest BCUT2D eigenvalue weighted by atomic mass is 35.5. The first-order valence-corrected chi connectivity index (χ1v) is 7.63. The normalized spacial score (nSPS) is 13.5. The molecule has 0 radical (unpaired) electrons. The average molecular weight is 301 g/mol. The fraction of sp³-hybridized carbons (Fsp3) is 0.625. The number of benzene rings is 1. The molecule has 1 unspecified atom stereocenters. The third kappa shape index (κ3) is 4.72. The highest BCUT2D eigenvalue weighted by Crippen LogP contribution is 2.24. The largest absolute Gasteiger partial charge is 0.329 e. The highest BCUT2D eigenvalue weighted by Gasteiger charge is 2.20. The van der Waals surface area contributed by atoms with Crippen LogP contribution < -0.4 is 11.1 Å². The minimum Gasteiger partial charge on any atom is -0.329 e. The van der Waals surface area contributed by atoms with Crippen LogP contribution in [-0.2, 0) is 0 Å². The zero-order valence-electron chi connectivity index (χ0n) is 12.8. The van der Waals surface area contributed by atoms with E-state index < -0.39 is 0 Å². The SMILES string of the molecule is CC(C)C(CNC(CN)c1cc(Cl)ccc1F)C(C)C. The van der Waals surface area contributed by atoms with Crippen molar-refractivity contribution >= 4 is 11.6 Å². The van der Waals surface area contributed by atoms with Crippen LogP contribution in [0.4, 0.5) is 4.39 Å². The van der Waals surface area contributed by atoms with Gasteiger partial charge in [-0.25, -0.2) is 4.39 Å². The summed E-state index contributed by atoms with van der Waals surface area (Å²) in [6.45, 7) is 10.0. The molecule has 0 fully saturated rings. The minimum atomic E-state index is -0.261. The molecule has 3 N–H and O–H groups in total. The van der Waals surface area contributed by atoms with Crippen molar-refractivity contribution < 1.29 is 4.39 Å². The van der Waals surface area contributed by atoms with Crippen molar-refractivity contribution in [1.29, 1.82) is 0 Å². The maximum absolute atomic E-state index is 13.9. The molecule has 114 valence electrons.